The minimum atomic E-state index is -1.23. The van der Waals surface area contributed by atoms with Crippen LogP contribution in [0, 0.1) is 0 Å². The van der Waals surface area contributed by atoms with Crippen molar-refractivity contribution in [3.63, 3.8) is 0 Å². The van der Waals surface area contributed by atoms with Gasteiger partial charge in [0.15, 0.2) is 0 Å². The predicted molar refractivity (Wildman–Crippen MR) is 88.7 cm³/mol. The lowest BCUT2D eigenvalue weighted by Gasteiger charge is -2.24. The maximum absolute atomic E-state index is 12.4. The average Bonchev–Trinajstić information content (AvgIpc) is 2.55. The number of rotatable bonds is 6. The van der Waals surface area contributed by atoms with Crippen molar-refractivity contribution in [1.82, 2.24) is 5.32 Å². The van der Waals surface area contributed by atoms with E-state index in [1.165, 1.54) is 19.3 Å². The molecule has 2 rings (SSSR count). The Hall–Kier alpha value is -1.20. The molecule has 1 aromatic carbocycles. The highest BCUT2D eigenvalue weighted by atomic mass is 32.2. The van der Waals surface area contributed by atoms with E-state index < -0.39 is 16.0 Å². The second-order valence-corrected chi connectivity index (χ2v) is 7.74. The van der Waals surface area contributed by atoms with E-state index in [1.54, 1.807) is 6.92 Å². The standard InChI is InChI=1S/C17H25NO3S/c1-13(17(20)18-16-5-3-2-4-6-16)22(21)12-15-9-7-14(11-19)8-10-15/h7-10,13,16,19H,2-6,11-12H2,1H3,(H,18,20). The van der Waals surface area contributed by atoms with Gasteiger partial charge in [-0.1, -0.05) is 43.5 Å². The fourth-order valence-corrected chi connectivity index (χ4v) is 3.79. The Morgan fingerprint density at radius 1 is 1.23 bits per heavy atom. The zero-order valence-corrected chi connectivity index (χ0v) is 13.9. The molecule has 2 N–H and O–H groups in total. The van der Waals surface area contributed by atoms with E-state index in [4.69, 9.17) is 5.11 Å². The number of carbonyl (C=O) groups excluding carboxylic acids is 1. The summed E-state index contributed by atoms with van der Waals surface area (Å²) in [6, 6.07) is 7.60. The minimum Gasteiger partial charge on any atom is -0.392 e. The quantitative estimate of drug-likeness (QED) is 0.844. The van der Waals surface area contributed by atoms with Crippen LogP contribution in [0.25, 0.3) is 0 Å². The van der Waals surface area contributed by atoms with E-state index in [9.17, 15) is 9.00 Å². The minimum absolute atomic E-state index is 0.00354. The van der Waals surface area contributed by atoms with Crippen molar-refractivity contribution < 1.29 is 14.1 Å². The molecular formula is C17H25NO3S. The van der Waals surface area contributed by atoms with Crippen molar-refractivity contribution in [2.75, 3.05) is 0 Å². The topological polar surface area (TPSA) is 66.4 Å². The molecule has 1 fully saturated rings. The molecule has 2 atom stereocenters. The first-order chi connectivity index (χ1) is 10.6. The first kappa shape index (κ1) is 17.2. The molecule has 0 spiro atoms. The van der Waals surface area contributed by atoms with E-state index in [0.717, 1.165) is 24.0 Å². The van der Waals surface area contributed by atoms with Crippen LogP contribution in [0.15, 0.2) is 24.3 Å². The molecule has 0 radical (unpaired) electrons. The largest absolute Gasteiger partial charge is 0.392 e. The van der Waals surface area contributed by atoms with Crippen LogP contribution in [0.3, 0.4) is 0 Å². The second-order valence-electron chi connectivity index (χ2n) is 5.99. The smallest absolute Gasteiger partial charge is 0.235 e. The first-order valence-corrected chi connectivity index (χ1v) is 9.34. The Bertz CT molecular complexity index is 509. The lowest BCUT2D eigenvalue weighted by molar-refractivity contribution is -0.121. The number of nitrogens with one attached hydrogen (secondary N) is 1. The molecule has 1 aliphatic carbocycles. The third kappa shape index (κ3) is 4.92. The van der Waals surface area contributed by atoms with Crippen LogP contribution in [0.2, 0.25) is 0 Å². The van der Waals surface area contributed by atoms with E-state index in [1.807, 2.05) is 24.3 Å². The molecule has 1 amide bonds. The van der Waals surface area contributed by atoms with Crippen molar-refractivity contribution in [2.24, 2.45) is 0 Å². The third-order valence-electron chi connectivity index (χ3n) is 4.23. The summed E-state index contributed by atoms with van der Waals surface area (Å²) in [4.78, 5) is 12.2. The molecule has 2 unspecified atom stereocenters. The monoisotopic (exact) mass is 323 g/mol. The summed E-state index contributed by atoms with van der Waals surface area (Å²) in [5.41, 5.74) is 1.76. The maximum atomic E-state index is 12.4. The third-order valence-corrected chi connectivity index (χ3v) is 5.85. The molecule has 0 aromatic heterocycles. The summed E-state index contributed by atoms with van der Waals surface area (Å²) < 4.78 is 12.4. The number of hydrogen-bond acceptors (Lipinski definition) is 3. The van der Waals surface area contributed by atoms with Crippen LogP contribution in [-0.2, 0) is 28.0 Å². The van der Waals surface area contributed by atoms with Gasteiger partial charge in [0.2, 0.25) is 5.91 Å². The van der Waals surface area contributed by atoms with Crippen molar-refractivity contribution in [3.8, 4) is 0 Å². The van der Waals surface area contributed by atoms with Crippen LogP contribution >= 0.6 is 0 Å². The van der Waals surface area contributed by atoms with Crippen LogP contribution in [-0.4, -0.2) is 26.5 Å². The SMILES string of the molecule is CC(C(=O)NC1CCCCC1)S(=O)Cc1ccc(CO)cc1. The molecule has 0 saturated heterocycles. The van der Waals surface area contributed by atoms with Gasteiger partial charge in [0, 0.05) is 22.6 Å². The summed E-state index contributed by atoms with van der Waals surface area (Å²) in [6.45, 7) is 1.74. The highest BCUT2D eigenvalue weighted by Gasteiger charge is 2.23. The molecule has 5 heteroatoms. The highest BCUT2D eigenvalue weighted by molar-refractivity contribution is 7.85. The highest BCUT2D eigenvalue weighted by Crippen LogP contribution is 2.18. The molecule has 1 aromatic rings. The van der Waals surface area contributed by atoms with Gasteiger partial charge in [-0.25, -0.2) is 0 Å². The van der Waals surface area contributed by atoms with Crippen LogP contribution in [0.1, 0.15) is 50.2 Å². The van der Waals surface area contributed by atoms with E-state index in [2.05, 4.69) is 5.32 Å². The van der Waals surface area contributed by atoms with Gasteiger partial charge in [-0.2, -0.15) is 0 Å². The van der Waals surface area contributed by atoms with Crippen molar-refractivity contribution in [1.29, 1.82) is 0 Å². The van der Waals surface area contributed by atoms with Crippen molar-refractivity contribution in [2.45, 2.75) is 62.7 Å². The van der Waals surface area contributed by atoms with Gasteiger partial charge in [0.25, 0.3) is 0 Å². The maximum Gasteiger partial charge on any atom is 0.235 e. The second kappa shape index (κ2) is 8.44. The lowest BCUT2D eigenvalue weighted by Crippen LogP contribution is -2.42. The number of hydrogen-bond donors (Lipinski definition) is 2. The van der Waals surface area contributed by atoms with Crippen LogP contribution < -0.4 is 5.32 Å². The summed E-state index contributed by atoms with van der Waals surface area (Å²) in [5.74, 6) is 0.266. The molecule has 22 heavy (non-hydrogen) atoms. The fourth-order valence-electron chi connectivity index (χ4n) is 2.72. The number of amides is 1. The summed E-state index contributed by atoms with van der Waals surface area (Å²) in [6.07, 6.45) is 5.65. The van der Waals surface area contributed by atoms with Gasteiger partial charge in [0.1, 0.15) is 5.25 Å². The van der Waals surface area contributed by atoms with Crippen molar-refractivity contribution in [3.05, 3.63) is 35.4 Å². The first-order valence-electron chi connectivity index (χ1n) is 7.96. The van der Waals surface area contributed by atoms with Gasteiger partial charge in [-0.15, -0.1) is 0 Å². The molecule has 0 bridgehead atoms. The Morgan fingerprint density at radius 3 is 2.41 bits per heavy atom. The molecular weight excluding hydrogens is 298 g/mol. The summed E-state index contributed by atoms with van der Waals surface area (Å²) in [5, 5.41) is 11.6. The molecule has 1 aliphatic rings. The normalized spacial score (nSPS) is 18.6. The van der Waals surface area contributed by atoms with Gasteiger partial charge in [0.05, 0.1) is 6.61 Å². The zero-order chi connectivity index (χ0) is 15.9. The Balaban J connectivity index is 1.85. The van der Waals surface area contributed by atoms with Gasteiger partial charge in [-0.3, -0.25) is 9.00 Å². The van der Waals surface area contributed by atoms with Gasteiger partial charge >= 0.3 is 0 Å². The number of aliphatic hydroxyl groups excluding tert-OH is 1. The molecule has 1 saturated carbocycles. The molecule has 0 aliphatic heterocycles. The van der Waals surface area contributed by atoms with Gasteiger partial charge < -0.3 is 10.4 Å². The number of benzene rings is 1. The Labute approximate surface area is 134 Å². The lowest BCUT2D eigenvalue weighted by atomic mass is 9.95. The van der Waals surface area contributed by atoms with Gasteiger partial charge in [-0.05, 0) is 30.9 Å². The van der Waals surface area contributed by atoms with Crippen LogP contribution in [0.5, 0.6) is 0 Å². The van der Waals surface area contributed by atoms with Crippen LogP contribution in [0.4, 0.5) is 0 Å². The Morgan fingerprint density at radius 2 is 1.82 bits per heavy atom. The molecule has 0 heterocycles. The van der Waals surface area contributed by atoms with E-state index >= 15 is 0 Å². The number of carbonyl (C=O) groups is 1. The number of aliphatic hydroxyl groups is 1. The summed E-state index contributed by atoms with van der Waals surface area (Å²) in [7, 11) is -1.23. The molecule has 122 valence electrons. The Kier molecular flexibility index (Phi) is 6.58. The van der Waals surface area contributed by atoms with Crippen molar-refractivity contribution >= 4 is 16.7 Å². The summed E-state index contributed by atoms with van der Waals surface area (Å²) >= 11 is 0. The van der Waals surface area contributed by atoms with E-state index in [0.29, 0.717) is 5.75 Å². The average molecular weight is 323 g/mol. The molecule has 4 nitrogen and oxygen atoms in total. The zero-order valence-electron chi connectivity index (χ0n) is 13.1. The predicted octanol–water partition coefficient (Wildman–Crippen LogP) is 2.26. The van der Waals surface area contributed by atoms with E-state index in [-0.39, 0.29) is 18.6 Å². The fraction of sp³-hybridized carbons (Fsp3) is 0.588.